The number of rotatable bonds is 2. The van der Waals surface area contributed by atoms with Crippen molar-refractivity contribution in [3.05, 3.63) is 58.3 Å². The first-order valence-corrected chi connectivity index (χ1v) is 5.67. The van der Waals surface area contributed by atoms with Gasteiger partial charge in [-0.05, 0) is 23.6 Å². The van der Waals surface area contributed by atoms with Crippen LogP contribution in [-0.4, -0.2) is 11.9 Å². The first kappa shape index (κ1) is 11.3. The predicted octanol–water partition coefficient (Wildman–Crippen LogP) is 2.68. The molecule has 2 aromatic rings. The van der Waals surface area contributed by atoms with Crippen molar-refractivity contribution in [3.63, 3.8) is 0 Å². The molecule has 1 aromatic carbocycles. The highest BCUT2D eigenvalue weighted by Crippen LogP contribution is 2.10. The number of carbonyl (C=O) groups is 2. The van der Waals surface area contributed by atoms with Crippen LogP contribution in [0.3, 0.4) is 0 Å². The van der Waals surface area contributed by atoms with E-state index in [-0.39, 0.29) is 0 Å². The van der Waals surface area contributed by atoms with Gasteiger partial charge in [0, 0.05) is 0 Å². The van der Waals surface area contributed by atoms with Crippen molar-refractivity contribution in [3.8, 4) is 0 Å². The van der Waals surface area contributed by atoms with Crippen LogP contribution < -0.4 is 0 Å². The molecule has 0 aliphatic heterocycles. The van der Waals surface area contributed by atoms with Crippen LogP contribution in [0.4, 0.5) is 0 Å². The van der Waals surface area contributed by atoms with E-state index >= 15 is 0 Å². The summed E-state index contributed by atoms with van der Waals surface area (Å²) in [4.78, 5) is 32.0. The second-order valence-electron chi connectivity index (χ2n) is 3.08. The molecule has 0 N–H and O–H groups in total. The van der Waals surface area contributed by atoms with Crippen LogP contribution in [0.15, 0.2) is 47.8 Å². The van der Waals surface area contributed by atoms with E-state index in [1.54, 1.807) is 47.8 Å². The van der Waals surface area contributed by atoms with Crippen molar-refractivity contribution >= 4 is 23.3 Å². The molecule has 2 rings (SSSR count). The molecule has 86 valence electrons. The Morgan fingerprint density at radius 2 is 1.59 bits per heavy atom. The standard InChI is InChI=1S/C12H8O4S/c13-11(9-5-2-1-3-6-9)15-16-12(14)10-7-4-8-17-10/h1-8H. The molecule has 4 nitrogen and oxygen atoms in total. The zero-order chi connectivity index (χ0) is 12.1. The minimum atomic E-state index is -0.699. The van der Waals surface area contributed by atoms with Crippen LogP contribution in [0.1, 0.15) is 20.0 Å². The maximum absolute atomic E-state index is 11.4. The third kappa shape index (κ3) is 2.92. The Morgan fingerprint density at radius 1 is 0.882 bits per heavy atom. The molecule has 0 radical (unpaired) electrons. The van der Waals surface area contributed by atoms with Gasteiger partial charge in [0.05, 0.1) is 5.56 Å². The van der Waals surface area contributed by atoms with E-state index in [4.69, 9.17) is 0 Å². The smallest absolute Gasteiger partial charge is 0.242 e. The first-order valence-electron chi connectivity index (χ1n) is 4.79. The molecular formula is C12H8O4S. The van der Waals surface area contributed by atoms with Gasteiger partial charge in [0.2, 0.25) is 0 Å². The van der Waals surface area contributed by atoms with E-state index in [9.17, 15) is 9.59 Å². The Kier molecular flexibility index (Phi) is 3.52. The number of thiophene rings is 1. The Labute approximate surface area is 101 Å². The lowest BCUT2D eigenvalue weighted by Gasteiger charge is -2.01. The van der Waals surface area contributed by atoms with Gasteiger partial charge < -0.3 is 0 Å². The van der Waals surface area contributed by atoms with E-state index in [0.717, 1.165) is 0 Å². The molecule has 0 bridgehead atoms. The minimum Gasteiger partial charge on any atom is -0.242 e. The molecule has 0 atom stereocenters. The van der Waals surface area contributed by atoms with Crippen molar-refractivity contribution in [2.24, 2.45) is 0 Å². The molecule has 0 saturated carbocycles. The lowest BCUT2D eigenvalue weighted by molar-refractivity contribution is -0.187. The fourth-order valence-corrected chi connectivity index (χ4v) is 1.72. The summed E-state index contributed by atoms with van der Waals surface area (Å²) in [5, 5.41) is 1.73. The summed E-state index contributed by atoms with van der Waals surface area (Å²) in [7, 11) is 0. The van der Waals surface area contributed by atoms with Crippen molar-refractivity contribution in [1.82, 2.24) is 0 Å². The van der Waals surface area contributed by atoms with Crippen LogP contribution >= 0.6 is 11.3 Å². The molecule has 1 heterocycles. The summed E-state index contributed by atoms with van der Waals surface area (Å²) in [5.41, 5.74) is 0.325. The Morgan fingerprint density at radius 3 is 2.24 bits per heavy atom. The van der Waals surface area contributed by atoms with E-state index in [2.05, 4.69) is 9.78 Å². The SMILES string of the molecule is O=C(OOC(=O)c1cccs1)c1ccccc1. The van der Waals surface area contributed by atoms with Crippen molar-refractivity contribution in [2.75, 3.05) is 0 Å². The van der Waals surface area contributed by atoms with Gasteiger partial charge in [-0.15, -0.1) is 11.3 Å². The van der Waals surface area contributed by atoms with Crippen LogP contribution in [0.25, 0.3) is 0 Å². The second-order valence-corrected chi connectivity index (χ2v) is 4.03. The number of hydrogen-bond donors (Lipinski definition) is 0. The van der Waals surface area contributed by atoms with Crippen molar-refractivity contribution in [1.29, 1.82) is 0 Å². The molecule has 0 aliphatic carbocycles. The fraction of sp³-hybridized carbons (Fsp3) is 0. The van der Waals surface area contributed by atoms with Crippen LogP contribution in [0.2, 0.25) is 0 Å². The first-order chi connectivity index (χ1) is 8.27. The molecule has 1 aromatic heterocycles. The molecular weight excluding hydrogens is 240 g/mol. The van der Waals surface area contributed by atoms with Crippen LogP contribution in [0.5, 0.6) is 0 Å². The maximum atomic E-state index is 11.4. The Bertz CT molecular complexity index is 505. The van der Waals surface area contributed by atoms with Crippen LogP contribution in [-0.2, 0) is 9.78 Å². The zero-order valence-corrected chi connectivity index (χ0v) is 9.48. The molecule has 0 unspecified atom stereocenters. The summed E-state index contributed by atoms with van der Waals surface area (Å²) in [6, 6.07) is 11.6. The summed E-state index contributed by atoms with van der Waals surface area (Å²) in [6.07, 6.45) is 0. The van der Waals surface area contributed by atoms with E-state index < -0.39 is 11.9 Å². The van der Waals surface area contributed by atoms with Gasteiger partial charge in [-0.25, -0.2) is 19.4 Å². The van der Waals surface area contributed by atoms with Gasteiger partial charge in [0.15, 0.2) is 0 Å². The second kappa shape index (κ2) is 5.27. The van der Waals surface area contributed by atoms with Gasteiger partial charge in [-0.2, -0.15) is 0 Å². The lowest BCUT2D eigenvalue weighted by Crippen LogP contribution is -2.10. The van der Waals surface area contributed by atoms with E-state index in [0.29, 0.717) is 10.4 Å². The van der Waals surface area contributed by atoms with Gasteiger partial charge in [-0.1, -0.05) is 24.3 Å². The highest BCUT2D eigenvalue weighted by atomic mass is 32.1. The van der Waals surface area contributed by atoms with E-state index in [1.807, 2.05) is 0 Å². The largest absolute Gasteiger partial charge is 0.396 e. The molecule has 0 spiro atoms. The van der Waals surface area contributed by atoms with Gasteiger partial charge in [0.25, 0.3) is 0 Å². The quantitative estimate of drug-likeness (QED) is 0.605. The third-order valence-corrected chi connectivity index (χ3v) is 2.77. The van der Waals surface area contributed by atoms with E-state index in [1.165, 1.54) is 11.3 Å². The number of benzene rings is 1. The van der Waals surface area contributed by atoms with Gasteiger partial charge in [0.1, 0.15) is 4.88 Å². The molecule has 0 fully saturated rings. The molecule has 0 saturated heterocycles. The normalized spacial score (nSPS) is 9.65. The number of hydrogen-bond acceptors (Lipinski definition) is 5. The Balaban J connectivity index is 1.91. The third-order valence-electron chi connectivity index (χ3n) is 1.92. The molecule has 17 heavy (non-hydrogen) atoms. The summed E-state index contributed by atoms with van der Waals surface area (Å²) in [5.74, 6) is -1.38. The summed E-state index contributed by atoms with van der Waals surface area (Å²) >= 11 is 1.21. The minimum absolute atomic E-state index is 0.325. The zero-order valence-electron chi connectivity index (χ0n) is 8.66. The monoisotopic (exact) mass is 248 g/mol. The molecule has 0 aliphatic rings. The lowest BCUT2D eigenvalue weighted by atomic mass is 10.2. The average Bonchev–Trinajstić information content (AvgIpc) is 2.90. The molecule has 5 heteroatoms. The van der Waals surface area contributed by atoms with Gasteiger partial charge in [-0.3, -0.25) is 0 Å². The van der Waals surface area contributed by atoms with Crippen molar-refractivity contribution < 1.29 is 19.4 Å². The maximum Gasteiger partial charge on any atom is 0.396 e. The number of carbonyl (C=O) groups excluding carboxylic acids is 2. The Hall–Kier alpha value is -2.14. The topological polar surface area (TPSA) is 52.6 Å². The summed E-state index contributed by atoms with van der Waals surface area (Å²) < 4.78 is 0. The summed E-state index contributed by atoms with van der Waals surface area (Å²) in [6.45, 7) is 0. The van der Waals surface area contributed by atoms with Crippen LogP contribution in [0, 0.1) is 0 Å². The fourth-order valence-electron chi connectivity index (χ4n) is 1.13. The average molecular weight is 248 g/mol. The van der Waals surface area contributed by atoms with Gasteiger partial charge >= 0.3 is 11.9 Å². The highest BCUT2D eigenvalue weighted by molar-refractivity contribution is 7.11. The highest BCUT2D eigenvalue weighted by Gasteiger charge is 2.14. The van der Waals surface area contributed by atoms with Crippen molar-refractivity contribution in [2.45, 2.75) is 0 Å². The molecule has 0 amide bonds. The predicted molar refractivity (Wildman–Crippen MR) is 61.6 cm³/mol.